The maximum absolute atomic E-state index is 12.0. The molecular weight excluding hydrogens is 276 g/mol. The van der Waals surface area contributed by atoms with Crippen LogP contribution in [0.3, 0.4) is 0 Å². The van der Waals surface area contributed by atoms with Gasteiger partial charge in [-0.3, -0.25) is 19.1 Å². The molecule has 1 aliphatic rings. The number of nitrogens with zero attached hydrogens (tertiary/aromatic N) is 1. The zero-order chi connectivity index (χ0) is 15.7. The van der Waals surface area contributed by atoms with Crippen molar-refractivity contribution in [3.8, 4) is 0 Å². The van der Waals surface area contributed by atoms with E-state index in [9.17, 15) is 14.4 Å². The molecule has 116 valence electrons. The van der Waals surface area contributed by atoms with Crippen LogP contribution in [0.15, 0.2) is 15.8 Å². The van der Waals surface area contributed by atoms with Gasteiger partial charge in [-0.05, 0) is 13.3 Å². The molecule has 1 aromatic heterocycles. The van der Waals surface area contributed by atoms with Gasteiger partial charge in [0.05, 0.1) is 6.10 Å². The normalized spacial score (nSPS) is 28.6. The number of ether oxygens (including phenoxy) is 2. The molecule has 0 bridgehead atoms. The molecule has 0 aromatic carbocycles. The van der Waals surface area contributed by atoms with Crippen molar-refractivity contribution in [2.24, 2.45) is 5.92 Å². The zero-order valence-corrected chi connectivity index (χ0v) is 12.6. The van der Waals surface area contributed by atoms with Crippen LogP contribution in [0.4, 0.5) is 0 Å². The third-order valence-electron chi connectivity index (χ3n) is 3.82. The highest BCUT2D eigenvalue weighted by atomic mass is 16.6. The molecule has 0 saturated carbocycles. The van der Waals surface area contributed by atoms with Crippen molar-refractivity contribution in [1.29, 1.82) is 0 Å². The van der Waals surface area contributed by atoms with Crippen molar-refractivity contribution in [2.75, 3.05) is 0 Å². The van der Waals surface area contributed by atoms with E-state index in [0.29, 0.717) is 5.56 Å². The minimum atomic E-state index is -0.725. The molecule has 21 heavy (non-hydrogen) atoms. The number of nitrogens with one attached hydrogen (secondary N) is 1. The van der Waals surface area contributed by atoms with E-state index in [1.54, 1.807) is 6.92 Å². The average molecular weight is 296 g/mol. The van der Waals surface area contributed by atoms with Crippen LogP contribution >= 0.6 is 0 Å². The lowest BCUT2D eigenvalue weighted by Crippen LogP contribution is -2.38. The number of H-pyrrole nitrogens is 1. The Morgan fingerprint density at radius 2 is 2.14 bits per heavy atom. The molecule has 0 radical (unpaired) electrons. The summed E-state index contributed by atoms with van der Waals surface area (Å²) in [6, 6.07) is 0. The van der Waals surface area contributed by atoms with Gasteiger partial charge in [0.15, 0.2) is 12.3 Å². The number of carbonyl (C=O) groups excluding carboxylic acids is 1. The van der Waals surface area contributed by atoms with Gasteiger partial charge in [-0.2, -0.15) is 0 Å². The molecule has 1 saturated heterocycles. The van der Waals surface area contributed by atoms with Crippen LogP contribution in [0.25, 0.3) is 0 Å². The standard InChI is InChI=1S/C14H20N2O5/c1-5-10-8(3)11(20-9(4)17)13(21-10)16-6-7(2)12(18)15-14(16)19/h6,8,10-11,13H,5H2,1-4H3,(H,15,18,19)/t8?,10-,11+,13-/m1/s1. The fourth-order valence-electron chi connectivity index (χ4n) is 2.68. The number of hydrogen-bond acceptors (Lipinski definition) is 5. The summed E-state index contributed by atoms with van der Waals surface area (Å²) < 4.78 is 12.5. The number of aromatic nitrogens is 2. The van der Waals surface area contributed by atoms with Crippen LogP contribution in [0.2, 0.25) is 0 Å². The van der Waals surface area contributed by atoms with Gasteiger partial charge < -0.3 is 9.47 Å². The highest BCUT2D eigenvalue weighted by Crippen LogP contribution is 2.36. The fraction of sp³-hybridized carbons (Fsp3) is 0.643. The predicted molar refractivity (Wildman–Crippen MR) is 75.0 cm³/mol. The van der Waals surface area contributed by atoms with Gasteiger partial charge in [-0.25, -0.2) is 4.79 Å². The quantitative estimate of drug-likeness (QED) is 0.830. The maximum Gasteiger partial charge on any atom is 0.330 e. The van der Waals surface area contributed by atoms with Crippen molar-refractivity contribution in [1.82, 2.24) is 9.55 Å². The summed E-state index contributed by atoms with van der Waals surface area (Å²) in [5, 5.41) is 0. The van der Waals surface area contributed by atoms with Crippen LogP contribution in [0, 0.1) is 12.8 Å². The third-order valence-corrected chi connectivity index (χ3v) is 3.82. The second kappa shape index (κ2) is 5.85. The van der Waals surface area contributed by atoms with E-state index in [-0.39, 0.29) is 12.0 Å². The van der Waals surface area contributed by atoms with E-state index < -0.39 is 29.6 Å². The SMILES string of the molecule is CC[C@H]1O[C@@H](n2cc(C)c(=O)[nH]c2=O)[C@@H](OC(C)=O)C1C. The van der Waals surface area contributed by atoms with Crippen LogP contribution < -0.4 is 11.2 Å². The first-order valence-corrected chi connectivity index (χ1v) is 6.99. The summed E-state index contributed by atoms with van der Waals surface area (Å²) in [7, 11) is 0. The minimum Gasteiger partial charge on any atom is -0.457 e. The van der Waals surface area contributed by atoms with Gasteiger partial charge in [0.1, 0.15) is 0 Å². The van der Waals surface area contributed by atoms with Crippen molar-refractivity contribution >= 4 is 5.97 Å². The fourth-order valence-corrected chi connectivity index (χ4v) is 2.68. The van der Waals surface area contributed by atoms with Gasteiger partial charge >= 0.3 is 11.7 Å². The molecule has 1 fully saturated rings. The van der Waals surface area contributed by atoms with Crippen molar-refractivity contribution in [3.63, 3.8) is 0 Å². The lowest BCUT2D eigenvalue weighted by Gasteiger charge is -2.22. The van der Waals surface area contributed by atoms with Crippen molar-refractivity contribution in [3.05, 3.63) is 32.6 Å². The van der Waals surface area contributed by atoms with E-state index in [1.807, 2.05) is 13.8 Å². The molecule has 4 atom stereocenters. The Kier molecular flexibility index (Phi) is 4.32. The highest BCUT2D eigenvalue weighted by Gasteiger charge is 2.44. The minimum absolute atomic E-state index is 0.0389. The number of aryl methyl sites for hydroxylation is 1. The molecule has 2 heterocycles. The highest BCUT2D eigenvalue weighted by molar-refractivity contribution is 5.66. The Balaban J connectivity index is 2.45. The molecule has 2 rings (SSSR count). The molecule has 1 unspecified atom stereocenters. The average Bonchev–Trinajstić information content (AvgIpc) is 2.71. The van der Waals surface area contributed by atoms with E-state index in [4.69, 9.17) is 9.47 Å². The van der Waals surface area contributed by atoms with Gasteiger partial charge in [0.2, 0.25) is 0 Å². The first-order chi connectivity index (χ1) is 9.85. The summed E-state index contributed by atoms with van der Waals surface area (Å²) in [6.45, 7) is 6.82. The summed E-state index contributed by atoms with van der Waals surface area (Å²) in [5.74, 6) is -0.463. The van der Waals surface area contributed by atoms with Crippen molar-refractivity contribution in [2.45, 2.75) is 52.6 Å². The summed E-state index contributed by atoms with van der Waals surface area (Å²) in [5.41, 5.74) is -0.609. The summed E-state index contributed by atoms with van der Waals surface area (Å²) in [6.07, 6.45) is 0.783. The first kappa shape index (κ1) is 15.5. The third kappa shape index (κ3) is 2.92. The molecule has 7 nitrogen and oxygen atoms in total. The Hall–Kier alpha value is -1.89. The molecule has 7 heteroatoms. The Morgan fingerprint density at radius 1 is 1.48 bits per heavy atom. The Bertz CT molecular complexity index is 647. The van der Waals surface area contributed by atoms with E-state index >= 15 is 0 Å². The van der Waals surface area contributed by atoms with E-state index in [1.165, 1.54) is 17.7 Å². The molecule has 0 amide bonds. The smallest absolute Gasteiger partial charge is 0.330 e. The molecule has 0 spiro atoms. The largest absolute Gasteiger partial charge is 0.457 e. The molecule has 0 aliphatic carbocycles. The zero-order valence-electron chi connectivity index (χ0n) is 12.6. The predicted octanol–water partition coefficient (Wildman–Crippen LogP) is 0.720. The Morgan fingerprint density at radius 3 is 2.71 bits per heavy atom. The van der Waals surface area contributed by atoms with Crippen LogP contribution in [0.1, 0.15) is 39.0 Å². The number of aromatic amines is 1. The molecule has 1 N–H and O–H groups in total. The molecule has 1 aromatic rings. The van der Waals surface area contributed by atoms with Crippen molar-refractivity contribution < 1.29 is 14.3 Å². The monoisotopic (exact) mass is 296 g/mol. The topological polar surface area (TPSA) is 90.4 Å². The number of carbonyl (C=O) groups is 1. The summed E-state index contributed by atoms with van der Waals surface area (Å²) >= 11 is 0. The Labute approximate surface area is 121 Å². The van der Waals surface area contributed by atoms with Crippen LogP contribution in [0.5, 0.6) is 0 Å². The van der Waals surface area contributed by atoms with Gasteiger partial charge in [-0.15, -0.1) is 0 Å². The van der Waals surface area contributed by atoms with Gasteiger partial charge in [0, 0.05) is 24.6 Å². The lowest BCUT2D eigenvalue weighted by atomic mass is 9.98. The number of hydrogen-bond donors (Lipinski definition) is 1. The van der Waals surface area contributed by atoms with Crippen LogP contribution in [-0.4, -0.2) is 27.7 Å². The number of rotatable bonds is 3. The van der Waals surface area contributed by atoms with E-state index in [0.717, 1.165) is 6.42 Å². The molecule has 1 aliphatic heterocycles. The maximum atomic E-state index is 12.0. The van der Waals surface area contributed by atoms with Crippen LogP contribution in [-0.2, 0) is 14.3 Å². The van der Waals surface area contributed by atoms with Gasteiger partial charge in [-0.1, -0.05) is 13.8 Å². The molecular formula is C14H20N2O5. The second-order valence-electron chi connectivity index (χ2n) is 5.39. The van der Waals surface area contributed by atoms with E-state index in [2.05, 4.69) is 4.98 Å². The van der Waals surface area contributed by atoms with Gasteiger partial charge in [0.25, 0.3) is 5.56 Å². The lowest BCUT2D eigenvalue weighted by molar-refractivity contribution is -0.153. The number of esters is 1. The summed E-state index contributed by atoms with van der Waals surface area (Å²) in [4.78, 5) is 37.0. The first-order valence-electron chi connectivity index (χ1n) is 6.99. The second-order valence-corrected chi connectivity index (χ2v) is 5.39.